The van der Waals surface area contributed by atoms with Crippen LogP contribution in [0.25, 0.3) is 0 Å². The topological polar surface area (TPSA) is 82.5 Å². The van der Waals surface area contributed by atoms with E-state index in [2.05, 4.69) is 10.3 Å². The second kappa shape index (κ2) is 6.05. The summed E-state index contributed by atoms with van der Waals surface area (Å²) in [5, 5.41) is 11.8. The highest BCUT2D eigenvalue weighted by atomic mass is 32.2. The number of hydrogen-bond acceptors (Lipinski definition) is 5. The number of aliphatic carboxylic acids is 1. The Kier molecular flexibility index (Phi) is 4.43. The zero-order valence-electron chi connectivity index (χ0n) is 9.54. The molecule has 0 radical (unpaired) electrons. The lowest BCUT2D eigenvalue weighted by Gasteiger charge is -2.32. The van der Waals surface area contributed by atoms with Gasteiger partial charge < -0.3 is 15.3 Å². The number of carbonyl (C=O) groups excluding carboxylic acids is 1. The summed E-state index contributed by atoms with van der Waals surface area (Å²) in [5.74, 6) is 0.274. The van der Waals surface area contributed by atoms with Crippen molar-refractivity contribution < 1.29 is 14.7 Å². The molecule has 1 aromatic heterocycles. The van der Waals surface area contributed by atoms with Crippen molar-refractivity contribution in [1.29, 1.82) is 0 Å². The Morgan fingerprint density at radius 3 is 3.11 bits per heavy atom. The van der Waals surface area contributed by atoms with E-state index >= 15 is 0 Å². The molecule has 1 aliphatic heterocycles. The van der Waals surface area contributed by atoms with Crippen LogP contribution in [0.1, 0.15) is 4.88 Å². The maximum atomic E-state index is 11.9. The summed E-state index contributed by atoms with van der Waals surface area (Å²) in [6.07, 6.45) is 1.69. The Balaban J connectivity index is 1.92. The van der Waals surface area contributed by atoms with Crippen LogP contribution in [0.2, 0.25) is 0 Å². The summed E-state index contributed by atoms with van der Waals surface area (Å²) in [7, 11) is 0. The summed E-state index contributed by atoms with van der Waals surface area (Å²) in [4.78, 5) is 29.2. The van der Waals surface area contributed by atoms with E-state index in [4.69, 9.17) is 5.11 Å². The lowest BCUT2D eigenvalue weighted by atomic mass is 10.3. The van der Waals surface area contributed by atoms with Crippen LogP contribution in [0.5, 0.6) is 0 Å². The van der Waals surface area contributed by atoms with Crippen molar-refractivity contribution >= 4 is 35.1 Å². The third-order valence-electron chi connectivity index (χ3n) is 2.57. The van der Waals surface area contributed by atoms with Crippen LogP contribution in [0.15, 0.2) is 11.7 Å². The molecular formula is C10H13N3O3S2. The summed E-state index contributed by atoms with van der Waals surface area (Å²) in [5.41, 5.74) is 1.69. The smallest absolute Gasteiger partial charge is 0.327 e. The molecule has 1 atom stereocenters. The molecule has 0 spiro atoms. The molecule has 0 aliphatic carbocycles. The van der Waals surface area contributed by atoms with E-state index in [1.165, 1.54) is 16.2 Å². The van der Waals surface area contributed by atoms with E-state index in [0.29, 0.717) is 18.8 Å². The molecule has 1 aromatic rings. The maximum absolute atomic E-state index is 11.9. The number of thioether (sulfide) groups is 1. The molecule has 0 saturated carbocycles. The summed E-state index contributed by atoms with van der Waals surface area (Å²) < 4.78 is 0. The van der Waals surface area contributed by atoms with Gasteiger partial charge in [-0.1, -0.05) is 0 Å². The number of thiazole rings is 1. The lowest BCUT2D eigenvalue weighted by molar-refractivity contribution is -0.141. The van der Waals surface area contributed by atoms with Gasteiger partial charge in [0.25, 0.3) is 0 Å². The first kappa shape index (κ1) is 13.2. The van der Waals surface area contributed by atoms with Gasteiger partial charge in [0.1, 0.15) is 6.04 Å². The molecule has 1 saturated heterocycles. The number of hydrogen-bond donors (Lipinski definition) is 2. The van der Waals surface area contributed by atoms with Crippen LogP contribution >= 0.6 is 23.1 Å². The minimum absolute atomic E-state index is 0.323. The molecule has 2 amide bonds. The third kappa shape index (κ3) is 3.14. The molecular weight excluding hydrogens is 274 g/mol. The molecule has 0 bridgehead atoms. The van der Waals surface area contributed by atoms with Crippen LogP contribution in [0, 0.1) is 0 Å². The Morgan fingerprint density at radius 2 is 2.44 bits per heavy atom. The van der Waals surface area contributed by atoms with Gasteiger partial charge >= 0.3 is 12.0 Å². The fourth-order valence-electron chi connectivity index (χ4n) is 1.65. The molecule has 2 N–H and O–H groups in total. The van der Waals surface area contributed by atoms with Crippen molar-refractivity contribution in [1.82, 2.24) is 15.2 Å². The predicted octanol–water partition coefficient (Wildman–Crippen LogP) is 0.855. The number of amides is 2. The van der Waals surface area contributed by atoms with Crippen LogP contribution in [0.3, 0.4) is 0 Å². The van der Waals surface area contributed by atoms with Gasteiger partial charge in [0, 0.05) is 29.1 Å². The van der Waals surface area contributed by atoms with Crippen LogP contribution in [0.4, 0.5) is 4.79 Å². The predicted molar refractivity (Wildman–Crippen MR) is 69.8 cm³/mol. The Bertz CT molecular complexity index is 424. The molecule has 1 unspecified atom stereocenters. The Hall–Kier alpha value is -1.28. The average Bonchev–Trinajstić information content (AvgIpc) is 2.89. The molecule has 8 heteroatoms. The monoisotopic (exact) mass is 287 g/mol. The van der Waals surface area contributed by atoms with Crippen LogP contribution in [-0.2, 0) is 11.3 Å². The van der Waals surface area contributed by atoms with Crippen molar-refractivity contribution in [3.63, 3.8) is 0 Å². The lowest BCUT2D eigenvalue weighted by Crippen LogP contribution is -2.53. The highest BCUT2D eigenvalue weighted by Crippen LogP contribution is 2.17. The van der Waals surface area contributed by atoms with Gasteiger partial charge in [-0.15, -0.1) is 11.3 Å². The number of nitrogens with one attached hydrogen (secondary N) is 1. The van der Waals surface area contributed by atoms with Gasteiger partial charge in [-0.05, 0) is 0 Å². The molecule has 18 heavy (non-hydrogen) atoms. The molecule has 98 valence electrons. The molecule has 2 rings (SSSR count). The average molecular weight is 287 g/mol. The number of rotatable bonds is 3. The van der Waals surface area contributed by atoms with Gasteiger partial charge in [-0.2, -0.15) is 11.8 Å². The first-order chi connectivity index (χ1) is 8.68. The number of carboxylic acid groups (broad SMARTS) is 1. The van der Waals surface area contributed by atoms with E-state index in [-0.39, 0.29) is 6.03 Å². The van der Waals surface area contributed by atoms with E-state index in [1.807, 2.05) is 0 Å². The van der Waals surface area contributed by atoms with Gasteiger partial charge in [-0.3, -0.25) is 4.98 Å². The number of nitrogens with zero attached hydrogens (tertiary/aromatic N) is 2. The Labute approximate surface area is 112 Å². The van der Waals surface area contributed by atoms with Crippen molar-refractivity contribution in [2.45, 2.75) is 12.6 Å². The van der Waals surface area contributed by atoms with Crippen molar-refractivity contribution in [3.05, 3.63) is 16.6 Å². The zero-order chi connectivity index (χ0) is 13.0. The van der Waals surface area contributed by atoms with Crippen molar-refractivity contribution in [2.24, 2.45) is 0 Å². The minimum Gasteiger partial charge on any atom is -0.480 e. The van der Waals surface area contributed by atoms with Crippen molar-refractivity contribution in [2.75, 3.05) is 18.1 Å². The normalized spacial score (nSPS) is 19.6. The first-order valence-electron chi connectivity index (χ1n) is 5.41. The second-order valence-electron chi connectivity index (χ2n) is 3.75. The molecule has 1 aliphatic rings. The largest absolute Gasteiger partial charge is 0.480 e. The zero-order valence-corrected chi connectivity index (χ0v) is 11.2. The SMILES string of the molecule is O=C(O)C1CSCCN1C(=O)NCc1cncs1. The summed E-state index contributed by atoms with van der Waals surface area (Å²) in [6.45, 7) is 0.857. The Morgan fingerprint density at radius 1 is 1.61 bits per heavy atom. The number of carboxylic acids is 1. The molecule has 2 heterocycles. The highest BCUT2D eigenvalue weighted by molar-refractivity contribution is 7.99. The molecule has 6 nitrogen and oxygen atoms in total. The quantitative estimate of drug-likeness (QED) is 0.861. The molecule has 0 aromatic carbocycles. The fourth-order valence-corrected chi connectivity index (χ4v) is 3.22. The third-order valence-corrected chi connectivity index (χ3v) is 4.37. The van der Waals surface area contributed by atoms with Crippen molar-refractivity contribution in [3.8, 4) is 0 Å². The van der Waals surface area contributed by atoms with E-state index < -0.39 is 12.0 Å². The van der Waals surface area contributed by atoms with Gasteiger partial charge in [-0.25, -0.2) is 9.59 Å². The second-order valence-corrected chi connectivity index (χ2v) is 5.87. The minimum atomic E-state index is -0.949. The number of urea groups is 1. The summed E-state index contributed by atoms with van der Waals surface area (Å²) >= 11 is 3.01. The van der Waals surface area contributed by atoms with Gasteiger partial charge in [0.05, 0.1) is 12.1 Å². The number of aromatic nitrogens is 1. The maximum Gasteiger partial charge on any atom is 0.327 e. The summed E-state index contributed by atoms with van der Waals surface area (Å²) in [6, 6.07) is -1.05. The van der Waals surface area contributed by atoms with Crippen LogP contribution < -0.4 is 5.32 Å². The van der Waals surface area contributed by atoms with E-state index in [9.17, 15) is 9.59 Å². The van der Waals surface area contributed by atoms with Gasteiger partial charge in [0.2, 0.25) is 0 Å². The van der Waals surface area contributed by atoms with Gasteiger partial charge in [0.15, 0.2) is 0 Å². The van der Waals surface area contributed by atoms with E-state index in [0.717, 1.165) is 10.6 Å². The standard InChI is InChI=1S/C10H13N3O3S2/c14-9(15)8-5-17-2-1-13(8)10(16)12-4-7-3-11-6-18-7/h3,6,8H,1-2,4-5H2,(H,12,16)(H,14,15). The molecule has 1 fully saturated rings. The fraction of sp³-hybridized carbons (Fsp3) is 0.500. The number of carbonyl (C=O) groups is 2. The first-order valence-corrected chi connectivity index (χ1v) is 7.44. The van der Waals surface area contributed by atoms with E-state index in [1.54, 1.807) is 23.5 Å². The highest BCUT2D eigenvalue weighted by Gasteiger charge is 2.32. The van der Waals surface area contributed by atoms with Crippen LogP contribution in [-0.4, -0.2) is 51.1 Å².